The Kier molecular flexibility index (Phi) is 8.34. The maximum absolute atomic E-state index is 12.6. The Bertz CT molecular complexity index is 1710. The average Bonchev–Trinajstić information content (AvgIpc) is 3.79. The van der Waals surface area contributed by atoms with Crippen molar-refractivity contribution in [1.29, 1.82) is 0 Å². The summed E-state index contributed by atoms with van der Waals surface area (Å²) < 4.78 is 11.4. The van der Waals surface area contributed by atoms with Gasteiger partial charge >= 0.3 is 0 Å². The fourth-order valence-electron chi connectivity index (χ4n) is 6.03. The zero-order valence-electron chi connectivity index (χ0n) is 25.3. The second-order valence-electron chi connectivity index (χ2n) is 11.1. The summed E-state index contributed by atoms with van der Waals surface area (Å²) in [7, 11) is 5.32. The Balaban J connectivity index is 1.36. The number of hydrogen-bond donors (Lipinski definition) is 4. The van der Waals surface area contributed by atoms with Crippen LogP contribution in [0, 0.1) is 11.8 Å². The number of benzene rings is 2. The summed E-state index contributed by atoms with van der Waals surface area (Å²) in [5.74, 6) is 2.00. The van der Waals surface area contributed by atoms with Gasteiger partial charge in [-0.25, -0.2) is 9.97 Å². The minimum atomic E-state index is -0.320. The summed E-state index contributed by atoms with van der Waals surface area (Å²) in [6, 6.07) is 10.8. The fraction of sp³-hybridized carbons (Fsp3) is 0.281. The van der Waals surface area contributed by atoms with E-state index in [1.54, 1.807) is 38.6 Å². The predicted octanol–water partition coefficient (Wildman–Crippen LogP) is 4.11. The average molecular weight is 610 g/mol. The van der Waals surface area contributed by atoms with E-state index in [4.69, 9.17) is 14.1 Å². The summed E-state index contributed by atoms with van der Waals surface area (Å²) in [6.45, 7) is 7.51. The third-order valence-electron chi connectivity index (χ3n) is 8.12. The van der Waals surface area contributed by atoms with Gasteiger partial charge in [0.25, 0.3) is 5.91 Å². The Hall–Kier alpha value is -5.43. The molecule has 2 saturated heterocycles. The van der Waals surface area contributed by atoms with Crippen molar-refractivity contribution >= 4 is 46.3 Å². The van der Waals surface area contributed by atoms with Crippen LogP contribution < -0.4 is 30.9 Å². The third kappa shape index (κ3) is 6.15. The van der Waals surface area contributed by atoms with E-state index in [0.717, 1.165) is 31.9 Å². The van der Waals surface area contributed by atoms with Crippen LogP contribution in [-0.2, 0) is 4.79 Å². The highest BCUT2D eigenvalue weighted by molar-refractivity contribution is 6.02. The molecule has 2 amide bonds. The number of nitrogens with one attached hydrogen (secondary N) is 4. The van der Waals surface area contributed by atoms with Crippen molar-refractivity contribution in [2.24, 2.45) is 11.8 Å². The number of methoxy groups -OCH3 is 1. The van der Waals surface area contributed by atoms with Gasteiger partial charge in [-0.3, -0.25) is 9.59 Å². The molecule has 2 atom stereocenters. The molecule has 0 aliphatic carbocycles. The SMILES string of the molecule is C=CC(=O)Nc1cc(Nc2ncc(-c3ncco3)c(Nc3ccccc3C(=O)NC)n2)c(OC)cc1N1CC2CN(C)C[C@@H]2C1. The molecular formula is C32H35N9O4. The molecule has 0 saturated carbocycles. The van der Waals surface area contributed by atoms with E-state index in [9.17, 15) is 9.59 Å². The van der Waals surface area contributed by atoms with E-state index in [1.165, 1.54) is 18.5 Å². The molecule has 232 valence electrons. The van der Waals surface area contributed by atoms with Crippen molar-refractivity contribution in [3.05, 3.63) is 73.3 Å². The molecule has 2 aromatic heterocycles. The fourth-order valence-corrected chi connectivity index (χ4v) is 6.03. The Morgan fingerprint density at radius 3 is 2.51 bits per heavy atom. The molecule has 4 aromatic rings. The first kappa shape index (κ1) is 29.6. The first-order chi connectivity index (χ1) is 21.9. The van der Waals surface area contributed by atoms with E-state index in [1.807, 2.05) is 18.2 Å². The van der Waals surface area contributed by atoms with Crippen molar-refractivity contribution in [2.45, 2.75) is 0 Å². The standard InChI is InChI=1S/C32H35N9O4/c1-5-28(42)36-24-12-25(27(44-4)13-26(24)41-17-19-15-40(3)16-20(19)18-41)38-32-35-14-22(31-34-10-11-45-31)29(39-32)37-23-9-7-6-8-21(23)30(43)33-2/h5-14,19-20H,1,15-18H2,2-4H3,(H,33,43)(H,36,42)(H2,35,37,38,39)/t19-,20?/m1/s1. The maximum atomic E-state index is 12.6. The maximum Gasteiger partial charge on any atom is 0.253 e. The van der Waals surface area contributed by atoms with E-state index in [2.05, 4.69) is 54.7 Å². The van der Waals surface area contributed by atoms with Gasteiger partial charge in [0.1, 0.15) is 17.8 Å². The number of oxazole rings is 1. The van der Waals surface area contributed by atoms with Crippen LogP contribution in [0.1, 0.15) is 10.4 Å². The van der Waals surface area contributed by atoms with Crippen LogP contribution in [-0.4, -0.2) is 79.1 Å². The quantitative estimate of drug-likeness (QED) is 0.192. The molecule has 2 aliphatic heterocycles. The van der Waals surface area contributed by atoms with Crippen molar-refractivity contribution < 1.29 is 18.7 Å². The predicted molar refractivity (Wildman–Crippen MR) is 172 cm³/mol. The lowest BCUT2D eigenvalue weighted by atomic mass is 10.0. The van der Waals surface area contributed by atoms with Crippen LogP contribution in [0.3, 0.4) is 0 Å². The number of para-hydroxylation sites is 1. The molecule has 6 rings (SSSR count). The van der Waals surface area contributed by atoms with Crippen LogP contribution >= 0.6 is 0 Å². The Morgan fingerprint density at radius 1 is 1.04 bits per heavy atom. The van der Waals surface area contributed by atoms with E-state index in [-0.39, 0.29) is 17.8 Å². The summed E-state index contributed by atoms with van der Waals surface area (Å²) >= 11 is 0. The van der Waals surface area contributed by atoms with Crippen LogP contribution in [0.4, 0.5) is 34.5 Å². The number of carbonyl (C=O) groups excluding carboxylic acids is 2. The summed E-state index contributed by atoms with van der Waals surface area (Å²) in [5, 5.41) is 12.1. The molecule has 45 heavy (non-hydrogen) atoms. The monoisotopic (exact) mass is 609 g/mol. The topological polar surface area (TPSA) is 150 Å². The third-order valence-corrected chi connectivity index (χ3v) is 8.12. The lowest BCUT2D eigenvalue weighted by Gasteiger charge is -2.26. The van der Waals surface area contributed by atoms with Gasteiger partial charge in [0.15, 0.2) is 0 Å². The molecule has 13 nitrogen and oxygen atoms in total. The number of fused-ring (bicyclic) bond motifs is 1. The number of aromatic nitrogens is 3. The largest absolute Gasteiger partial charge is 0.494 e. The van der Waals surface area contributed by atoms with Crippen molar-refractivity contribution in [3.63, 3.8) is 0 Å². The summed E-state index contributed by atoms with van der Waals surface area (Å²) in [5.41, 5.74) is 3.49. The van der Waals surface area contributed by atoms with Crippen molar-refractivity contribution in [2.75, 3.05) is 68.2 Å². The van der Waals surface area contributed by atoms with Gasteiger partial charge < -0.3 is 40.2 Å². The zero-order valence-corrected chi connectivity index (χ0v) is 25.3. The van der Waals surface area contributed by atoms with Gasteiger partial charge in [0, 0.05) is 45.5 Å². The number of hydrogen-bond acceptors (Lipinski definition) is 11. The number of nitrogens with zero attached hydrogens (tertiary/aromatic N) is 5. The second kappa shape index (κ2) is 12.7. The number of likely N-dealkylation sites (tertiary alicyclic amines) is 1. The van der Waals surface area contributed by atoms with Crippen LogP contribution in [0.15, 0.2) is 72.1 Å². The highest BCUT2D eigenvalue weighted by atomic mass is 16.5. The lowest BCUT2D eigenvalue weighted by Crippen LogP contribution is -2.27. The van der Waals surface area contributed by atoms with E-state index >= 15 is 0 Å². The van der Waals surface area contributed by atoms with Crippen LogP contribution in [0.2, 0.25) is 0 Å². The second-order valence-corrected chi connectivity index (χ2v) is 11.1. The summed E-state index contributed by atoms with van der Waals surface area (Å²) in [6.07, 6.45) is 5.81. The highest BCUT2D eigenvalue weighted by Crippen LogP contribution is 2.42. The van der Waals surface area contributed by atoms with Gasteiger partial charge in [0.05, 0.1) is 47.2 Å². The molecule has 2 aliphatic rings. The van der Waals surface area contributed by atoms with E-state index in [0.29, 0.717) is 57.5 Å². The highest BCUT2D eigenvalue weighted by Gasteiger charge is 2.39. The van der Waals surface area contributed by atoms with Crippen molar-refractivity contribution in [1.82, 2.24) is 25.2 Å². The molecule has 2 fully saturated rings. The van der Waals surface area contributed by atoms with E-state index < -0.39 is 0 Å². The molecule has 0 radical (unpaired) electrons. The smallest absolute Gasteiger partial charge is 0.253 e. The number of ether oxygens (including phenoxy) is 1. The number of anilines is 6. The molecule has 0 bridgehead atoms. The minimum Gasteiger partial charge on any atom is -0.494 e. The number of rotatable bonds is 10. The summed E-state index contributed by atoms with van der Waals surface area (Å²) in [4.78, 5) is 43.2. The normalized spacial score (nSPS) is 17.4. The van der Waals surface area contributed by atoms with Crippen LogP contribution in [0.5, 0.6) is 5.75 Å². The zero-order chi connectivity index (χ0) is 31.5. The Labute approximate surface area is 260 Å². The molecule has 1 unspecified atom stereocenters. The number of carbonyl (C=O) groups is 2. The molecule has 2 aromatic carbocycles. The molecule has 4 heterocycles. The van der Waals surface area contributed by atoms with Gasteiger partial charge in [-0.2, -0.15) is 4.98 Å². The lowest BCUT2D eigenvalue weighted by molar-refractivity contribution is -0.111. The van der Waals surface area contributed by atoms with Gasteiger partial charge in [-0.05, 0) is 43.2 Å². The molecule has 13 heteroatoms. The molecular weight excluding hydrogens is 574 g/mol. The van der Waals surface area contributed by atoms with Crippen LogP contribution in [0.25, 0.3) is 11.5 Å². The first-order valence-electron chi connectivity index (χ1n) is 14.6. The van der Waals surface area contributed by atoms with Gasteiger partial charge in [-0.1, -0.05) is 18.7 Å². The van der Waals surface area contributed by atoms with Crippen molar-refractivity contribution in [3.8, 4) is 17.2 Å². The first-order valence-corrected chi connectivity index (χ1v) is 14.6. The number of amides is 2. The van der Waals surface area contributed by atoms with Gasteiger partial charge in [-0.15, -0.1) is 0 Å². The molecule has 4 N–H and O–H groups in total. The Morgan fingerprint density at radius 2 is 1.82 bits per heavy atom. The van der Waals surface area contributed by atoms with Gasteiger partial charge in [0.2, 0.25) is 17.7 Å². The molecule has 0 spiro atoms. The minimum absolute atomic E-state index is 0.232.